The molecule has 14 heavy (non-hydrogen) atoms. The number of aromatic hydroxyl groups is 1. The van der Waals surface area contributed by atoms with Crippen LogP contribution in [0.4, 0.5) is 5.69 Å². The third-order valence-electron chi connectivity index (χ3n) is 1.92. The first kappa shape index (κ1) is 9.02. The summed E-state index contributed by atoms with van der Waals surface area (Å²) < 4.78 is 0. The molecule has 3 nitrogen and oxygen atoms in total. The number of para-hydroxylation sites is 1. The van der Waals surface area contributed by atoms with E-state index in [2.05, 4.69) is 4.98 Å². The fourth-order valence-corrected chi connectivity index (χ4v) is 2.00. The molecule has 0 spiro atoms. The summed E-state index contributed by atoms with van der Waals surface area (Å²) in [6.45, 7) is 1.98. The van der Waals surface area contributed by atoms with E-state index in [0.717, 1.165) is 9.88 Å². The summed E-state index contributed by atoms with van der Waals surface area (Å²) in [5.74, 6) is 0.113. The highest BCUT2D eigenvalue weighted by molar-refractivity contribution is 7.15. The smallest absolute Gasteiger partial charge is 0.148 e. The lowest BCUT2D eigenvalue weighted by atomic mass is 10.2. The highest BCUT2D eigenvalue weighted by Gasteiger charge is 2.09. The van der Waals surface area contributed by atoms with Crippen molar-refractivity contribution in [1.82, 2.24) is 4.98 Å². The van der Waals surface area contributed by atoms with Gasteiger partial charge in [0.05, 0.1) is 11.3 Å². The fraction of sp³-hybridized carbons (Fsp3) is 0.100. The molecule has 72 valence electrons. The maximum absolute atomic E-state index is 9.70. The minimum atomic E-state index is 0.113. The van der Waals surface area contributed by atoms with Gasteiger partial charge in [0.2, 0.25) is 0 Å². The molecule has 0 aliphatic heterocycles. The van der Waals surface area contributed by atoms with Gasteiger partial charge in [-0.2, -0.15) is 0 Å². The second-order valence-electron chi connectivity index (χ2n) is 3.02. The normalized spacial score (nSPS) is 10.4. The van der Waals surface area contributed by atoms with Gasteiger partial charge in [0.1, 0.15) is 10.8 Å². The van der Waals surface area contributed by atoms with Gasteiger partial charge >= 0.3 is 0 Å². The number of aryl methyl sites for hydroxylation is 1. The Labute approximate surface area is 85.8 Å². The zero-order valence-electron chi connectivity index (χ0n) is 7.69. The molecule has 0 saturated carbocycles. The highest BCUT2D eigenvalue weighted by atomic mass is 32.1. The molecule has 0 radical (unpaired) electrons. The molecule has 0 amide bonds. The van der Waals surface area contributed by atoms with E-state index >= 15 is 0 Å². The van der Waals surface area contributed by atoms with Gasteiger partial charge in [0.15, 0.2) is 0 Å². The zero-order valence-corrected chi connectivity index (χ0v) is 8.51. The summed E-state index contributed by atoms with van der Waals surface area (Å²) in [4.78, 5) is 5.30. The number of nitrogen functional groups attached to an aromatic ring is 1. The maximum Gasteiger partial charge on any atom is 0.148 e. The Morgan fingerprint density at radius 3 is 2.86 bits per heavy atom. The SMILES string of the molecule is Cc1cnc(-c2cccc(N)c2O)s1. The molecule has 1 heterocycles. The van der Waals surface area contributed by atoms with Crippen LogP contribution in [0.1, 0.15) is 4.88 Å². The van der Waals surface area contributed by atoms with Gasteiger partial charge < -0.3 is 10.8 Å². The molecule has 3 N–H and O–H groups in total. The number of thiazole rings is 1. The van der Waals surface area contributed by atoms with Crippen molar-refractivity contribution in [1.29, 1.82) is 0 Å². The first-order valence-electron chi connectivity index (χ1n) is 4.19. The Bertz CT molecular complexity index is 465. The molecule has 1 aromatic heterocycles. The van der Waals surface area contributed by atoms with E-state index in [1.54, 1.807) is 18.3 Å². The van der Waals surface area contributed by atoms with Crippen molar-refractivity contribution < 1.29 is 5.11 Å². The van der Waals surface area contributed by atoms with Crippen molar-refractivity contribution in [2.75, 3.05) is 5.73 Å². The monoisotopic (exact) mass is 206 g/mol. The van der Waals surface area contributed by atoms with Gasteiger partial charge in [-0.05, 0) is 19.1 Å². The summed E-state index contributed by atoms with van der Waals surface area (Å²) in [7, 11) is 0. The van der Waals surface area contributed by atoms with Crippen molar-refractivity contribution in [3.63, 3.8) is 0 Å². The van der Waals surface area contributed by atoms with Crippen LogP contribution in [0.5, 0.6) is 5.75 Å². The van der Waals surface area contributed by atoms with Crippen molar-refractivity contribution in [2.24, 2.45) is 0 Å². The number of nitrogens with two attached hydrogens (primary N) is 1. The molecular weight excluding hydrogens is 196 g/mol. The van der Waals surface area contributed by atoms with Crippen molar-refractivity contribution in [3.05, 3.63) is 29.3 Å². The average molecular weight is 206 g/mol. The van der Waals surface area contributed by atoms with E-state index in [0.29, 0.717) is 11.3 Å². The number of phenolic OH excluding ortho intramolecular Hbond substituents is 1. The number of rotatable bonds is 1. The third kappa shape index (κ3) is 1.44. The predicted octanol–water partition coefficient (Wildman–Crippen LogP) is 2.41. The molecule has 0 saturated heterocycles. The number of hydrogen-bond acceptors (Lipinski definition) is 4. The number of phenols is 1. The van der Waals surface area contributed by atoms with E-state index in [-0.39, 0.29) is 5.75 Å². The number of benzene rings is 1. The van der Waals surface area contributed by atoms with Crippen molar-refractivity contribution in [2.45, 2.75) is 6.92 Å². The second-order valence-corrected chi connectivity index (χ2v) is 4.25. The van der Waals surface area contributed by atoms with Crippen molar-refractivity contribution in [3.8, 4) is 16.3 Å². The van der Waals surface area contributed by atoms with Crippen LogP contribution in [0.3, 0.4) is 0 Å². The highest BCUT2D eigenvalue weighted by Crippen LogP contribution is 2.35. The van der Waals surface area contributed by atoms with Gasteiger partial charge in [-0.25, -0.2) is 4.98 Å². The second kappa shape index (κ2) is 3.31. The average Bonchev–Trinajstić information content (AvgIpc) is 2.57. The first-order valence-corrected chi connectivity index (χ1v) is 5.00. The predicted molar refractivity (Wildman–Crippen MR) is 58.4 cm³/mol. The van der Waals surface area contributed by atoms with Crippen molar-refractivity contribution >= 4 is 17.0 Å². The first-order chi connectivity index (χ1) is 6.68. The summed E-state index contributed by atoms with van der Waals surface area (Å²) >= 11 is 1.54. The van der Waals surface area contributed by atoms with Gasteiger partial charge in [-0.1, -0.05) is 6.07 Å². The lowest BCUT2D eigenvalue weighted by molar-refractivity contribution is 0.480. The van der Waals surface area contributed by atoms with Gasteiger partial charge in [-0.3, -0.25) is 0 Å². The Kier molecular flexibility index (Phi) is 2.13. The number of anilines is 1. The molecule has 0 aliphatic carbocycles. The van der Waals surface area contributed by atoms with E-state index in [1.807, 2.05) is 13.0 Å². The molecule has 2 rings (SSSR count). The van der Waals surface area contributed by atoms with Crippen LogP contribution < -0.4 is 5.73 Å². The van der Waals surface area contributed by atoms with E-state index in [4.69, 9.17) is 5.73 Å². The lowest BCUT2D eigenvalue weighted by Crippen LogP contribution is -1.86. The van der Waals surface area contributed by atoms with Gasteiger partial charge in [0.25, 0.3) is 0 Å². The summed E-state index contributed by atoms with van der Waals surface area (Å²) in [6.07, 6.45) is 1.78. The van der Waals surface area contributed by atoms with Crippen LogP contribution >= 0.6 is 11.3 Å². The number of hydrogen-bond donors (Lipinski definition) is 2. The summed E-state index contributed by atoms with van der Waals surface area (Å²) in [5.41, 5.74) is 6.67. The van der Waals surface area contributed by atoms with Crippen LogP contribution in [0.25, 0.3) is 10.6 Å². The molecule has 0 aliphatic rings. The Hall–Kier alpha value is -1.55. The van der Waals surface area contributed by atoms with Crippen LogP contribution in [0.2, 0.25) is 0 Å². The number of nitrogens with zero attached hydrogens (tertiary/aromatic N) is 1. The Balaban J connectivity index is 2.57. The largest absolute Gasteiger partial charge is 0.505 e. The number of aromatic nitrogens is 1. The molecule has 0 bridgehead atoms. The molecule has 4 heteroatoms. The quantitative estimate of drug-likeness (QED) is 0.556. The summed E-state index contributed by atoms with van der Waals surface area (Å²) in [5, 5.41) is 10.5. The standard InChI is InChI=1S/C10H10N2OS/c1-6-5-12-10(14-6)7-3-2-4-8(11)9(7)13/h2-5,13H,11H2,1H3. The van der Waals surface area contributed by atoms with Crippen LogP contribution in [0.15, 0.2) is 24.4 Å². The van der Waals surface area contributed by atoms with E-state index < -0.39 is 0 Å². The minimum absolute atomic E-state index is 0.113. The van der Waals surface area contributed by atoms with Crippen LogP contribution in [0, 0.1) is 6.92 Å². The molecular formula is C10H10N2OS. The third-order valence-corrected chi connectivity index (χ3v) is 2.86. The molecule has 0 unspecified atom stereocenters. The fourth-order valence-electron chi connectivity index (χ4n) is 1.21. The Morgan fingerprint density at radius 2 is 2.21 bits per heavy atom. The molecule has 2 aromatic rings. The van der Waals surface area contributed by atoms with Gasteiger partial charge in [0, 0.05) is 11.1 Å². The maximum atomic E-state index is 9.70. The molecule has 0 fully saturated rings. The molecule has 0 atom stereocenters. The lowest BCUT2D eigenvalue weighted by Gasteiger charge is -2.02. The van der Waals surface area contributed by atoms with Crippen LogP contribution in [-0.2, 0) is 0 Å². The zero-order chi connectivity index (χ0) is 10.1. The Morgan fingerprint density at radius 1 is 1.43 bits per heavy atom. The van der Waals surface area contributed by atoms with Gasteiger partial charge in [-0.15, -0.1) is 11.3 Å². The van der Waals surface area contributed by atoms with E-state index in [9.17, 15) is 5.11 Å². The van der Waals surface area contributed by atoms with E-state index in [1.165, 1.54) is 11.3 Å². The summed E-state index contributed by atoms with van der Waals surface area (Å²) in [6, 6.07) is 5.28. The molecule has 1 aromatic carbocycles. The minimum Gasteiger partial charge on any atom is -0.505 e. The topological polar surface area (TPSA) is 59.1 Å². The van der Waals surface area contributed by atoms with Crippen LogP contribution in [-0.4, -0.2) is 10.1 Å².